The molecule has 0 spiro atoms. The molecule has 1 atom stereocenters. The maximum atomic E-state index is 13.7. The van der Waals surface area contributed by atoms with E-state index in [9.17, 15) is 14.4 Å². The molecule has 194 valence electrons. The number of nitrogens with zero attached hydrogens (tertiary/aromatic N) is 3. The second kappa shape index (κ2) is 11.1. The SMILES string of the molecule is CCOC(=O)c1cc2n(n1)C[C@@](C)(C(=O)NCc1ccccc1OC)N(Cc1ccc(SC)cc1)C2=O. The van der Waals surface area contributed by atoms with Crippen LogP contribution < -0.4 is 10.1 Å². The van der Waals surface area contributed by atoms with Crippen LogP contribution in [0, 0.1) is 0 Å². The Morgan fingerprint density at radius 1 is 1.16 bits per heavy atom. The molecule has 0 unspecified atom stereocenters. The third kappa shape index (κ3) is 5.34. The van der Waals surface area contributed by atoms with E-state index in [4.69, 9.17) is 9.47 Å². The average Bonchev–Trinajstić information content (AvgIpc) is 3.34. The minimum absolute atomic E-state index is 0.0353. The van der Waals surface area contributed by atoms with Gasteiger partial charge in [0.05, 0.1) is 20.3 Å². The number of para-hydroxylation sites is 1. The summed E-state index contributed by atoms with van der Waals surface area (Å²) in [6.45, 7) is 4.12. The molecule has 10 heteroatoms. The van der Waals surface area contributed by atoms with Crippen molar-refractivity contribution in [3.8, 4) is 5.75 Å². The van der Waals surface area contributed by atoms with Crippen LogP contribution in [0.25, 0.3) is 0 Å². The van der Waals surface area contributed by atoms with Crippen LogP contribution in [0.15, 0.2) is 59.5 Å². The van der Waals surface area contributed by atoms with E-state index >= 15 is 0 Å². The predicted molar refractivity (Wildman–Crippen MR) is 140 cm³/mol. The number of ether oxygens (including phenoxy) is 2. The molecule has 1 aliphatic rings. The van der Waals surface area contributed by atoms with Gasteiger partial charge in [-0.2, -0.15) is 5.10 Å². The molecule has 2 heterocycles. The number of carbonyl (C=O) groups is 3. The lowest BCUT2D eigenvalue weighted by Gasteiger charge is -2.43. The molecule has 0 radical (unpaired) electrons. The average molecular weight is 523 g/mol. The molecule has 1 aromatic heterocycles. The largest absolute Gasteiger partial charge is 0.496 e. The lowest BCUT2D eigenvalue weighted by molar-refractivity contribution is -0.133. The van der Waals surface area contributed by atoms with Gasteiger partial charge in [0.15, 0.2) is 5.69 Å². The second-order valence-electron chi connectivity index (χ2n) is 8.80. The molecule has 0 saturated heterocycles. The van der Waals surface area contributed by atoms with Gasteiger partial charge >= 0.3 is 5.97 Å². The van der Waals surface area contributed by atoms with E-state index in [1.165, 1.54) is 10.7 Å². The van der Waals surface area contributed by atoms with Crippen molar-refractivity contribution in [1.82, 2.24) is 20.0 Å². The minimum Gasteiger partial charge on any atom is -0.496 e. The minimum atomic E-state index is -1.28. The molecule has 9 nitrogen and oxygen atoms in total. The van der Waals surface area contributed by atoms with Crippen LogP contribution in [0.2, 0.25) is 0 Å². The lowest BCUT2D eigenvalue weighted by atomic mass is 9.94. The maximum absolute atomic E-state index is 13.7. The van der Waals surface area contributed by atoms with Crippen molar-refractivity contribution in [3.63, 3.8) is 0 Å². The molecular weight excluding hydrogens is 492 g/mol. The first-order chi connectivity index (χ1) is 17.8. The Morgan fingerprint density at radius 3 is 2.57 bits per heavy atom. The van der Waals surface area contributed by atoms with Crippen LogP contribution in [-0.2, 0) is 29.2 Å². The zero-order valence-electron chi connectivity index (χ0n) is 21.3. The number of methoxy groups -OCH3 is 1. The van der Waals surface area contributed by atoms with Gasteiger partial charge in [0.1, 0.15) is 17.0 Å². The van der Waals surface area contributed by atoms with Crippen molar-refractivity contribution in [2.75, 3.05) is 20.0 Å². The van der Waals surface area contributed by atoms with Crippen LogP contribution >= 0.6 is 11.8 Å². The number of hydrogen-bond donors (Lipinski definition) is 1. The van der Waals surface area contributed by atoms with Gasteiger partial charge in [-0.1, -0.05) is 30.3 Å². The zero-order chi connectivity index (χ0) is 26.6. The smallest absolute Gasteiger partial charge is 0.358 e. The highest BCUT2D eigenvalue weighted by Gasteiger charge is 2.48. The molecule has 0 bridgehead atoms. The summed E-state index contributed by atoms with van der Waals surface area (Å²) in [6, 6.07) is 16.7. The fourth-order valence-electron chi connectivity index (χ4n) is 4.32. The number of carbonyl (C=O) groups excluding carboxylic acids is 3. The van der Waals surface area contributed by atoms with Crippen LogP contribution in [0.5, 0.6) is 5.75 Å². The lowest BCUT2D eigenvalue weighted by Crippen LogP contribution is -2.63. The highest BCUT2D eigenvalue weighted by atomic mass is 32.2. The van der Waals surface area contributed by atoms with E-state index in [1.807, 2.05) is 54.8 Å². The normalized spacial score (nSPS) is 16.8. The van der Waals surface area contributed by atoms with Gasteiger partial charge in [0.2, 0.25) is 5.91 Å². The van der Waals surface area contributed by atoms with Crippen molar-refractivity contribution in [2.24, 2.45) is 0 Å². The van der Waals surface area contributed by atoms with Gasteiger partial charge in [-0.05, 0) is 43.9 Å². The molecular formula is C27H30N4O5S. The first-order valence-corrected chi connectivity index (χ1v) is 13.1. The molecule has 0 fully saturated rings. The molecule has 4 rings (SSSR count). The molecule has 0 aliphatic carbocycles. The van der Waals surface area contributed by atoms with Gasteiger partial charge in [0.25, 0.3) is 5.91 Å². The predicted octanol–water partition coefficient (Wildman–Crippen LogP) is 3.52. The molecule has 2 aromatic carbocycles. The Labute approximate surface area is 220 Å². The molecule has 1 N–H and O–H groups in total. The Kier molecular flexibility index (Phi) is 7.87. The summed E-state index contributed by atoms with van der Waals surface area (Å²) in [7, 11) is 1.58. The number of thioether (sulfide) groups is 1. The number of benzene rings is 2. The second-order valence-corrected chi connectivity index (χ2v) is 9.68. The summed E-state index contributed by atoms with van der Waals surface area (Å²) in [4.78, 5) is 42.4. The Morgan fingerprint density at radius 2 is 1.89 bits per heavy atom. The molecule has 0 saturated carbocycles. The third-order valence-corrected chi connectivity index (χ3v) is 7.15. The fourth-order valence-corrected chi connectivity index (χ4v) is 4.73. The monoisotopic (exact) mass is 522 g/mol. The van der Waals surface area contributed by atoms with Crippen LogP contribution in [0.4, 0.5) is 0 Å². The zero-order valence-corrected chi connectivity index (χ0v) is 22.1. The topological polar surface area (TPSA) is 103 Å². The Hall–Kier alpha value is -3.79. The molecule has 3 aromatic rings. The summed E-state index contributed by atoms with van der Waals surface area (Å²) < 4.78 is 11.9. The number of nitrogens with one attached hydrogen (secondary N) is 1. The Balaban J connectivity index is 1.67. The van der Waals surface area contributed by atoms with Crippen LogP contribution in [0.1, 0.15) is 46.0 Å². The summed E-state index contributed by atoms with van der Waals surface area (Å²) >= 11 is 1.63. The summed E-state index contributed by atoms with van der Waals surface area (Å²) in [5.41, 5.74) is 0.690. The van der Waals surface area contributed by atoms with Gasteiger partial charge in [-0.3, -0.25) is 14.3 Å². The number of rotatable bonds is 9. The third-order valence-electron chi connectivity index (χ3n) is 6.40. The van der Waals surface area contributed by atoms with E-state index in [2.05, 4.69) is 10.4 Å². The summed E-state index contributed by atoms with van der Waals surface area (Å²) in [6.07, 6.45) is 1.99. The van der Waals surface area contributed by atoms with Crippen molar-refractivity contribution < 1.29 is 23.9 Å². The highest BCUT2D eigenvalue weighted by Crippen LogP contribution is 2.30. The number of esters is 1. The number of aromatic nitrogens is 2. The van der Waals surface area contributed by atoms with Crippen molar-refractivity contribution >= 4 is 29.5 Å². The van der Waals surface area contributed by atoms with Crippen molar-refractivity contribution in [2.45, 2.75) is 43.9 Å². The number of hydrogen-bond acceptors (Lipinski definition) is 7. The van der Waals surface area contributed by atoms with E-state index in [-0.39, 0.29) is 43.5 Å². The van der Waals surface area contributed by atoms with E-state index in [1.54, 1.807) is 37.6 Å². The van der Waals surface area contributed by atoms with Gasteiger partial charge in [-0.25, -0.2) is 4.79 Å². The molecule has 1 aliphatic heterocycles. The highest BCUT2D eigenvalue weighted by molar-refractivity contribution is 7.98. The van der Waals surface area contributed by atoms with E-state index < -0.39 is 17.4 Å². The maximum Gasteiger partial charge on any atom is 0.358 e. The van der Waals surface area contributed by atoms with E-state index in [0.29, 0.717) is 5.75 Å². The van der Waals surface area contributed by atoms with Crippen molar-refractivity contribution in [3.05, 3.63) is 77.1 Å². The summed E-state index contributed by atoms with van der Waals surface area (Å²) in [5, 5.41) is 7.27. The molecule has 37 heavy (non-hydrogen) atoms. The Bertz CT molecular complexity index is 1310. The quantitative estimate of drug-likeness (QED) is 0.339. The summed E-state index contributed by atoms with van der Waals surface area (Å²) in [5.74, 6) is -0.685. The molecule has 2 amide bonds. The standard InChI is InChI=1S/C27H30N4O5S/c1-5-36-25(33)21-14-22-24(32)30(16-18-10-12-20(37-4)13-11-18)27(2,17-31(22)29-21)26(34)28-15-19-8-6-7-9-23(19)35-3/h6-14H,5,15-17H2,1-4H3,(H,28,34)/t27-/m0/s1. The van der Waals surface area contributed by atoms with Gasteiger partial charge < -0.3 is 19.7 Å². The first-order valence-electron chi connectivity index (χ1n) is 11.9. The number of amides is 2. The van der Waals surface area contributed by atoms with E-state index in [0.717, 1.165) is 16.0 Å². The fraction of sp³-hybridized carbons (Fsp3) is 0.333. The van der Waals surface area contributed by atoms with Gasteiger partial charge in [0, 0.05) is 29.6 Å². The van der Waals surface area contributed by atoms with Crippen LogP contribution in [0.3, 0.4) is 0 Å². The number of fused-ring (bicyclic) bond motifs is 1. The first kappa shape index (κ1) is 26.3. The van der Waals surface area contributed by atoms with Gasteiger partial charge in [-0.15, -0.1) is 11.8 Å². The van der Waals surface area contributed by atoms with Crippen molar-refractivity contribution in [1.29, 1.82) is 0 Å². The van der Waals surface area contributed by atoms with Crippen LogP contribution in [-0.4, -0.2) is 58.0 Å².